The number of halogens is 3. The SMILES string of the molecule is O=C1Nc2c(F)cc(F)cc2[C@@H]2C[C@@H]2[C@H]1I. The van der Waals surface area contributed by atoms with Gasteiger partial charge in [0.15, 0.2) is 0 Å². The molecule has 5 heteroatoms. The van der Waals surface area contributed by atoms with Crippen molar-refractivity contribution in [1.29, 1.82) is 0 Å². The summed E-state index contributed by atoms with van der Waals surface area (Å²) in [6, 6.07) is 2.14. The van der Waals surface area contributed by atoms with E-state index in [0.717, 1.165) is 12.5 Å². The number of carbonyl (C=O) groups excluding carboxylic acids is 1. The highest BCUT2D eigenvalue weighted by Gasteiger charge is 2.49. The molecule has 0 bridgehead atoms. The van der Waals surface area contributed by atoms with Crippen LogP contribution in [-0.4, -0.2) is 9.83 Å². The third kappa shape index (κ3) is 1.44. The van der Waals surface area contributed by atoms with Gasteiger partial charge in [-0.1, -0.05) is 22.6 Å². The molecule has 1 N–H and O–H groups in total. The standard InChI is InChI=1S/C11H8F2INO/c12-4-1-7-5-3-6(5)9(14)11(16)15-10(7)8(13)2-4/h1-2,5-6,9H,3H2,(H,15,16)/t5-,6+,9-/m1/s1. The molecule has 1 saturated carbocycles. The summed E-state index contributed by atoms with van der Waals surface area (Å²) < 4.78 is 26.5. The molecule has 1 aromatic rings. The van der Waals surface area contributed by atoms with Crippen molar-refractivity contribution in [3.63, 3.8) is 0 Å². The number of anilines is 1. The third-order valence-electron chi connectivity index (χ3n) is 3.20. The van der Waals surface area contributed by atoms with Crippen LogP contribution in [0.5, 0.6) is 0 Å². The Kier molecular flexibility index (Phi) is 2.21. The van der Waals surface area contributed by atoms with Gasteiger partial charge < -0.3 is 5.32 Å². The molecule has 0 spiro atoms. The lowest BCUT2D eigenvalue weighted by Crippen LogP contribution is -2.23. The van der Waals surface area contributed by atoms with Gasteiger partial charge in [0.2, 0.25) is 5.91 Å². The molecule has 16 heavy (non-hydrogen) atoms. The number of alkyl halides is 1. The number of benzene rings is 1. The van der Waals surface area contributed by atoms with Crippen LogP contribution in [0.4, 0.5) is 14.5 Å². The Hall–Kier alpha value is -0.720. The Morgan fingerprint density at radius 3 is 2.88 bits per heavy atom. The fourth-order valence-electron chi connectivity index (χ4n) is 2.30. The normalized spacial score (nSPS) is 31.2. The molecule has 1 aromatic carbocycles. The Morgan fingerprint density at radius 1 is 1.38 bits per heavy atom. The summed E-state index contributed by atoms with van der Waals surface area (Å²) in [5.74, 6) is -1.09. The Labute approximate surface area is 105 Å². The number of fused-ring (bicyclic) bond motifs is 3. The second-order valence-corrected chi connectivity index (χ2v) is 5.59. The summed E-state index contributed by atoms with van der Waals surface area (Å²) in [6.45, 7) is 0. The summed E-state index contributed by atoms with van der Waals surface area (Å²) >= 11 is 2.07. The van der Waals surface area contributed by atoms with Gasteiger partial charge in [0.05, 0.1) is 9.61 Å². The molecule has 2 nitrogen and oxygen atoms in total. The average molecular weight is 335 g/mol. The second kappa shape index (κ2) is 3.38. The largest absolute Gasteiger partial charge is 0.322 e. The Morgan fingerprint density at radius 2 is 2.12 bits per heavy atom. The lowest BCUT2D eigenvalue weighted by atomic mass is 10.1. The van der Waals surface area contributed by atoms with Crippen molar-refractivity contribution in [2.75, 3.05) is 5.32 Å². The number of amides is 1. The quantitative estimate of drug-likeness (QED) is 0.573. The zero-order valence-electron chi connectivity index (χ0n) is 8.14. The molecule has 1 aliphatic carbocycles. The van der Waals surface area contributed by atoms with Crippen molar-refractivity contribution in [3.8, 4) is 0 Å². The maximum atomic E-state index is 13.5. The van der Waals surface area contributed by atoms with Gasteiger partial charge in [-0.25, -0.2) is 8.78 Å². The minimum Gasteiger partial charge on any atom is -0.322 e. The summed E-state index contributed by atoms with van der Waals surface area (Å²) in [5.41, 5.74) is 0.771. The summed E-state index contributed by atoms with van der Waals surface area (Å²) in [6.07, 6.45) is 0.844. The summed E-state index contributed by atoms with van der Waals surface area (Å²) in [5, 5.41) is 2.54. The van der Waals surface area contributed by atoms with Crippen molar-refractivity contribution in [3.05, 3.63) is 29.3 Å². The van der Waals surface area contributed by atoms with Crippen molar-refractivity contribution in [1.82, 2.24) is 0 Å². The fraction of sp³-hybridized carbons (Fsp3) is 0.364. The maximum absolute atomic E-state index is 13.5. The van der Waals surface area contributed by atoms with E-state index in [9.17, 15) is 13.6 Å². The molecule has 1 fully saturated rings. The van der Waals surface area contributed by atoms with Crippen LogP contribution in [0.3, 0.4) is 0 Å². The van der Waals surface area contributed by atoms with Gasteiger partial charge >= 0.3 is 0 Å². The van der Waals surface area contributed by atoms with Gasteiger partial charge in [0, 0.05) is 6.07 Å². The summed E-state index contributed by atoms with van der Waals surface area (Å²) in [7, 11) is 0. The van der Waals surface area contributed by atoms with E-state index in [1.165, 1.54) is 6.07 Å². The van der Waals surface area contributed by atoms with Crippen LogP contribution in [0.25, 0.3) is 0 Å². The van der Waals surface area contributed by atoms with Gasteiger partial charge in [-0.3, -0.25) is 4.79 Å². The molecular formula is C11H8F2INO. The minimum absolute atomic E-state index is 0.126. The molecule has 0 radical (unpaired) electrons. The number of hydrogen-bond acceptors (Lipinski definition) is 1. The van der Waals surface area contributed by atoms with Crippen molar-refractivity contribution >= 4 is 34.2 Å². The first-order valence-corrected chi connectivity index (χ1v) is 6.26. The van der Waals surface area contributed by atoms with Crippen LogP contribution in [0, 0.1) is 17.6 Å². The van der Waals surface area contributed by atoms with Crippen LogP contribution in [0.1, 0.15) is 17.9 Å². The highest BCUT2D eigenvalue weighted by atomic mass is 127. The number of nitrogens with one attached hydrogen (secondary N) is 1. The van der Waals surface area contributed by atoms with Crippen LogP contribution in [-0.2, 0) is 4.79 Å². The molecule has 0 aromatic heterocycles. The molecule has 1 aliphatic heterocycles. The van der Waals surface area contributed by atoms with E-state index in [4.69, 9.17) is 0 Å². The van der Waals surface area contributed by atoms with Gasteiger partial charge in [-0.05, 0) is 29.9 Å². The average Bonchev–Trinajstić information content (AvgIpc) is 2.99. The van der Waals surface area contributed by atoms with Crippen molar-refractivity contribution in [2.24, 2.45) is 5.92 Å². The zero-order chi connectivity index (χ0) is 11.4. The van der Waals surface area contributed by atoms with Crippen LogP contribution in [0.15, 0.2) is 12.1 Å². The predicted octanol–water partition coefficient (Wildman–Crippen LogP) is 2.82. The van der Waals surface area contributed by atoms with Crippen LogP contribution >= 0.6 is 22.6 Å². The Bertz CT molecular complexity index is 491. The molecule has 3 rings (SSSR count). The van der Waals surface area contributed by atoms with E-state index in [1.54, 1.807) is 0 Å². The topological polar surface area (TPSA) is 29.1 Å². The number of carbonyl (C=O) groups is 1. The molecule has 1 heterocycles. The molecular weight excluding hydrogens is 327 g/mol. The van der Waals surface area contributed by atoms with E-state index < -0.39 is 11.6 Å². The third-order valence-corrected chi connectivity index (χ3v) is 4.69. The van der Waals surface area contributed by atoms with Crippen LogP contribution in [0.2, 0.25) is 0 Å². The highest BCUT2D eigenvalue weighted by molar-refractivity contribution is 14.1. The minimum atomic E-state index is -0.681. The van der Waals surface area contributed by atoms with E-state index >= 15 is 0 Å². The Balaban J connectivity index is 2.15. The molecule has 0 unspecified atom stereocenters. The van der Waals surface area contributed by atoms with Gasteiger partial charge in [-0.2, -0.15) is 0 Å². The van der Waals surface area contributed by atoms with Gasteiger partial charge in [-0.15, -0.1) is 0 Å². The first-order valence-electron chi connectivity index (χ1n) is 5.02. The number of hydrogen-bond donors (Lipinski definition) is 1. The van der Waals surface area contributed by atoms with E-state index in [1.807, 2.05) is 0 Å². The van der Waals surface area contributed by atoms with Crippen molar-refractivity contribution in [2.45, 2.75) is 16.3 Å². The van der Waals surface area contributed by atoms with E-state index in [-0.39, 0.29) is 27.4 Å². The highest BCUT2D eigenvalue weighted by Crippen LogP contribution is 2.55. The molecule has 3 atom stereocenters. The summed E-state index contributed by atoms with van der Waals surface area (Å²) in [4.78, 5) is 11.7. The first kappa shape index (κ1) is 10.4. The first-order chi connectivity index (χ1) is 7.58. The predicted molar refractivity (Wildman–Crippen MR) is 63.6 cm³/mol. The van der Waals surface area contributed by atoms with Gasteiger partial charge in [0.25, 0.3) is 0 Å². The second-order valence-electron chi connectivity index (χ2n) is 4.25. The molecule has 2 aliphatic rings. The monoisotopic (exact) mass is 335 g/mol. The lowest BCUT2D eigenvalue weighted by Gasteiger charge is -2.10. The molecule has 1 amide bonds. The van der Waals surface area contributed by atoms with E-state index in [2.05, 4.69) is 27.9 Å². The molecule has 84 valence electrons. The van der Waals surface area contributed by atoms with E-state index in [0.29, 0.717) is 5.56 Å². The lowest BCUT2D eigenvalue weighted by molar-refractivity contribution is -0.115. The van der Waals surface area contributed by atoms with Gasteiger partial charge in [0.1, 0.15) is 11.6 Å². The zero-order valence-corrected chi connectivity index (χ0v) is 10.3. The molecule has 0 saturated heterocycles. The number of rotatable bonds is 0. The maximum Gasteiger partial charge on any atom is 0.237 e. The van der Waals surface area contributed by atoms with Crippen molar-refractivity contribution < 1.29 is 13.6 Å². The smallest absolute Gasteiger partial charge is 0.237 e. The van der Waals surface area contributed by atoms with Crippen LogP contribution < -0.4 is 5.32 Å². The fourth-order valence-corrected chi connectivity index (χ4v) is 3.25.